The fraction of sp³-hybridized carbons (Fsp3) is 0.261. The summed E-state index contributed by atoms with van der Waals surface area (Å²) in [5, 5.41) is 28.2. The molecule has 1 aliphatic rings. The Balaban J connectivity index is 1.31. The maximum Gasteiger partial charge on any atom is 0.240 e. The third-order valence-electron chi connectivity index (χ3n) is 5.72. The van der Waals surface area contributed by atoms with Crippen LogP contribution in [0.4, 0.5) is 5.69 Å². The smallest absolute Gasteiger partial charge is 0.240 e. The quantitative estimate of drug-likeness (QED) is 0.393. The molecule has 4 aromatic heterocycles. The fourth-order valence-corrected chi connectivity index (χ4v) is 4.87. The van der Waals surface area contributed by atoms with Crippen LogP contribution >= 0.6 is 11.8 Å². The molecule has 0 atom stereocenters. The monoisotopic (exact) mass is 475 g/mol. The van der Waals surface area contributed by atoms with Crippen molar-refractivity contribution in [1.29, 1.82) is 0 Å². The molecule has 5 aromatic rings. The Labute approximate surface area is 198 Å². The highest BCUT2D eigenvalue weighted by Gasteiger charge is 2.19. The van der Waals surface area contributed by atoms with Crippen LogP contribution in [0.5, 0.6) is 5.88 Å². The lowest BCUT2D eigenvalue weighted by Gasteiger charge is -2.28. The van der Waals surface area contributed by atoms with Crippen LogP contribution in [-0.2, 0) is 13.2 Å². The van der Waals surface area contributed by atoms with Crippen LogP contribution in [0.3, 0.4) is 0 Å². The lowest BCUT2D eigenvalue weighted by molar-refractivity contribution is 0.229. The average Bonchev–Trinajstić information content (AvgIpc) is 3.55. The van der Waals surface area contributed by atoms with Crippen molar-refractivity contribution in [3.8, 4) is 17.4 Å². The summed E-state index contributed by atoms with van der Waals surface area (Å²) in [7, 11) is 0. The van der Waals surface area contributed by atoms with Crippen molar-refractivity contribution < 1.29 is 14.4 Å². The molecule has 10 nitrogen and oxygen atoms in total. The van der Waals surface area contributed by atoms with Gasteiger partial charge < -0.3 is 19.3 Å². The predicted molar refractivity (Wildman–Crippen MR) is 128 cm³/mol. The van der Waals surface area contributed by atoms with E-state index in [0.29, 0.717) is 28.8 Å². The van der Waals surface area contributed by atoms with E-state index in [4.69, 9.17) is 9.26 Å². The van der Waals surface area contributed by atoms with Gasteiger partial charge in [-0.15, -0.1) is 15.3 Å². The third-order valence-corrected chi connectivity index (χ3v) is 6.66. The Kier molecular flexibility index (Phi) is 5.47. The molecular formula is C23H21N7O3S. The minimum atomic E-state index is -0.253. The number of nitrogens with zero attached hydrogens (tertiary/aromatic N) is 7. The summed E-state index contributed by atoms with van der Waals surface area (Å²) in [6.07, 6.45) is 1.91. The van der Waals surface area contributed by atoms with E-state index in [0.717, 1.165) is 46.7 Å². The van der Waals surface area contributed by atoms with E-state index in [2.05, 4.69) is 36.4 Å². The zero-order chi connectivity index (χ0) is 22.9. The Bertz CT molecular complexity index is 1440. The normalized spacial score (nSPS) is 14.2. The molecule has 0 spiro atoms. The number of anilines is 1. The van der Waals surface area contributed by atoms with E-state index in [-0.39, 0.29) is 13.2 Å². The first-order valence-corrected chi connectivity index (χ1v) is 12.1. The number of thioether (sulfide) groups is 1. The van der Waals surface area contributed by atoms with Gasteiger partial charge in [0.1, 0.15) is 13.2 Å². The molecule has 0 radical (unpaired) electrons. The molecular weight excluding hydrogens is 454 g/mol. The van der Waals surface area contributed by atoms with Crippen molar-refractivity contribution in [1.82, 2.24) is 30.0 Å². The zero-order valence-electron chi connectivity index (χ0n) is 18.2. The number of benzene rings is 1. The predicted octanol–water partition coefficient (Wildman–Crippen LogP) is 2.95. The highest BCUT2D eigenvalue weighted by Crippen LogP contribution is 2.29. The standard InChI is InChI=1S/C23H21N7O3S/c31-13-17-11-20(28-33-17)22-26-25-21-18-3-1-2-4-19(18)23(27-30(21)22)32-14-15-5-6-16(12-24-15)29-7-9-34-10-8-29/h1-6,11-12,31H,7-10,13-14H2. The third kappa shape index (κ3) is 3.82. The lowest BCUT2D eigenvalue weighted by atomic mass is 10.2. The zero-order valence-corrected chi connectivity index (χ0v) is 19.0. The van der Waals surface area contributed by atoms with Gasteiger partial charge in [-0.3, -0.25) is 4.98 Å². The molecule has 1 N–H and O–H groups in total. The molecule has 0 amide bonds. The van der Waals surface area contributed by atoms with Crippen molar-refractivity contribution in [2.45, 2.75) is 13.2 Å². The summed E-state index contributed by atoms with van der Waals surface area (Å²) in [6, 6.07) is 13.5. The van der Waals surface area contributed by atoms with Crippen molar-refractivity contribution in [2.24, 2.45) is 0 Å². The van der Waals surface area contributed by atoms with E-state index in [9.17, 15) is 5.11 Å². The second-order valence-electron chi connectivity index (χ2n) is 7.84. The van der Waals surface area contributed by atoms with Gasteiger partial charge in [0.05, 0.1) is 17.6 Å². The van der Waals surface area contributed by atoms with Crippen molar-refractivity contribution in [2.75, 3.05) is 29.5 Å². The van der Waals surface area contributed by atoms with Gasteiger partial charge in [0, 0.05) is 41.4 Å². The van der Waals surface area contributed by atoms with E-state index < -0.39 is 0 Å². The first-order valence-electron chi connectivity index (χ1n) is 10.9. The highest BCUT2D eigenvalue weighted by atomic mass is 32.2. The number of fused-ring (bicyclic) bond motifs is 3. The molecule has 6 rings (SSSR count). The molecule has 1 saturated heterocycles. The van der Waals surface area contributed by atoms with Crippen molar-refractivity contribution >= 4 is 33.9 Å². The van der Waals surface area contributed by atoms with E-state index in [1.807, 2.05) is 48.3 Å². The second kappa shape index (κ2) is 8.92. The minimum Gasteiger partial charge on any atom is -0.470 e. The van der Waals surface area contributed by atoms with Gasteiger partial charge in [0.25, 0.3) is 0 Å². The summed E-state index contributed by atoms with van der Waals surface area (Å²) < 4.78 is 12.8. The van der Waals surface area contributed by atoms with Crippen LogP contribution in [0, 0.1) is 0 Å². The Morgan fingerprint density at radius 1 is 1.06 bits per heavy atom. The molecule has 0 unspecified atom stereocenters. The maximum atomic E-state index is 9.29. The van der Waals surface area contributed by atoms with Crippen LogP contribution in [0.25, 0.3) is 27.9 Å². The molecule has 34 heavy (non-hydrogen) atoms. The number of aliphatic hydroxyl groups is 1. The highest BCUT2D eigenvalue weighted by molar-refractivity contribution is 7.99. The molecule has 0 saturated carbocycles. The summed E-state index contributed by atoms with van der Waals surface area (Å²) in [6.45, 7) is 2.11. The average molecular weight is 476 g/mol. The number of ether oxygens (including phenoxy) is 1. The van der Waals surface area contributed by atoms with Crippen molar-refractivity contribution in [3.63, 3.8) is 0 Å². The largest absolute Gasteiger partial charge is 0.470 e. The van der Waals surface area contributed by atoms with E-state index in [1.54, 1.807) is 10.6 Å². The number of hydrogen-bond donors (Lipinski definition) is 1. The Morgan fingerprint density at radius 3 is 2.68 bits per heavy atom. The molecule has 0 aliphatic carbocycles. The first-order chi connectivity index (χ1) is 16.8. The molecule has 11 heteroatoms. The van der Waals surface area contributed by atoms with E-state index in [1.165, 1.54) is 0 Å². The fourth-order valence-electron chi connectivity index (χ4n) is 3.96. The van der Waals surface area contributed by atoms with Gasteiger partial charge in [0.2, 0.25) is 11.7 Å². The van der Waals surface area contributed by atoms with Gasteiger partial charge in [-0.05, 0) is 18.2 Å². The van der Waals surface area contributed by atoms with Gasteiger partial charge >= 0.3 is 0 Å². The summed E-state index contributed by atoms with van der Waals surface area (Å²) >= 11 is 1.99. The number of pyridine rings is 1. The van der Waals surface area contributed by atoms with Gasteiger partial charge in [-0.2, -0.15) is 16.3 Å². The molecule has 1 aromatic carbocycles. The molecule has 0 bridgehead atoms. The number of hydrogen-bond acceptors (Lipinski definition) is 10. The molecule has 1 fully saturated rings. The van der Waals surface area contributed by atoms with E-state index >= 15 is 0 Å². The number of rotatable bonds is 6. The minimum absolute atomic E-state index is 0.253. The van der Waals surface area contributed by atoms with Gasteiger partial charge in [-0.25, -0.2) is 0 Å². The van der Waals surface area contributed by atoms with Crippen molar-refractivity contribution in [3.05, 3.63) is 60.1 Å². The first kappa shape index (κ1) is 20.9. The molecule has 5 heterocycles. The topological polar surface area (TPSA) is 115 Å². The van der Waals surface area contributed by atoms with Crippen LogP contribution < -0.4 is 9.64 Å². The SMILES string of the molecule is OCc1cc(-c2nnc3c4ccccc4c(OCc4ccc(N5CCSCC5)cn4)nn23)no1. The van der Waals surface area contributed by atoms with Gasteiger partial charge in [0.15, 0.2) is 17.1 Å². The van der Waals surface area contributed by atoms with Crippen LogP contribution in [0.15, 0.2) is 53.2 Å². The lowest BCUT2D eigenvalue weighted by Crippen LogP contribution is -2.32. The molecule has 1 aliphatic heterocycles. The maximum absolute atomic E-state index is 9.29. The van der Waals surface area contributed by atoms with Crippen LogP contribution in [0.1, 0.15) is 11.5 Å². The van der Waals surface area contributed by atoms with Crippen LogP contribution in [0.2, 0.25) is 0 Å². The summed E-state index contributed by atoms with van der Waals surface area (Å²) in [5.74, 6) is 3.46. The second-order valence-corrected chi connectivity index (χ2v) is 9.07. The molecule has 172 valence electrons. The number of aliphatic hydroxyl groups excluding tert-OH is 1. The Hall–Kier alpha value is -3.70. The van der Waals surface area contributed by atoms with Gasteiger partial charge in [-0.1, -0.05) is 23.4 Å². The van der Waals surface area contributed by atoms with Crippen LogP contribution in [-0.4, -0.2) is 59.7 Å². The summed E-state index contributed by atoms with van der Waals surface area (Å²) in [4.78, 5) is 6.96. The Morgan fingerprint density at radius 2 is 1.91 bits per heavy atom. The summed E-state index contributed by atoms with van der Waals surface area (Å²) in [5.41, 5.74) is 2.96. The number of aromatic nitrogens is 6.